The van der Waals surface area contributed by atoms with Gasteiger partial charge >= 0.3 is 5.69 Å². The van der Waals surface area contributed by atoms with Crippen molar-refractivity contribution in [1.29, 1.82) is 0 Å². The predicted molar refractivity (Wildman–Crippen MR) is 105 cm³/mol. The van der Waals surface area contributed by atoms with E-state index in [-0.39, 0.29) is 29.9 Å². The Bertz CT molecular complexity index is 806. The van der Waals surface area contributed by atoms with Gasteiger partial charge in [-0.3, -0.25) is 14.9 Å². The molecular weight excluding hydrogens is 346 g/mol. The monoisotopic (exact) mass is 371 g/mol. The maximum atomic E-state index is 12.4. The molecule has 7 heteroatoms. The lowest BCUT2D eigenvalue weighted by molar-refractivity contribution is -0.385. The molecule has 144 valence electrons. The fourth-order valence-electron chi connectivity index (χ4n) is 2.91. The van der Waals surface area contributed by atoms with Crippen LogP contribution in [0.1, 0.15) is 31.0 Å². The molecule has 2 aromatic carbocycles. The van der Waals surface area contributed by atoms with Crippen molar-refractivity contribution in [2.45, 2.75) is 26.8 Å². The van der Waals surface area contributed by atoms with Gasteiger partial charge in [0.05, 0.1) is 18.6 Å². The van der Waals surface area contributed by atoms with Crippen molar-refractivity contribution in [3.05, 3.63) is 63.7 Å². The minimum Gasteiger partial charge on any atom is -0.490 e. The number of nitro benzene ring substituents is 1. The van der Waals surface area contributed by atoms with Gasteiger partial charge in [0.25, 0.3) is 0 Å². The number of hydrogen-bond donors (Lipinski definition) is 2. The maximum absolute atomic E-state index is 12.4. The van der Waals surface area contributed by atoms with Gasteiger partial charge in [0, 0.05) is 23.9 Å². The molecule has 27 heavy (non-hydrogen) atoms. The Morgan fingerprint density at radius 1 is 1.22 bits per heavy atom. The summed E-state index contributed by atoms with van der Waals surface area (Å²) in [5.74, 6) is 0.190. The largest absolute Gasteiger partial charge is 0.490 e. The summed E-state index contributed by atoms with van der Waals surface area (Å²) in [5.41, 5.74) is 2.08. The highest BCUT2D eigenvalue weighted by atomic mass is 16.6. The van der Waals surface area contributed by atoms with E-state index < -0.39 is 4.92 Å². The van der Waals surface area contributed by atoms with Crippen LogP contribution in [0.25, 0.3) is 0 Å². The van der Waals surface area contributed by atoms with Crippen LogP contribution in [0.2, 0.25) is 0 Å². The number of hydrogen-bond acceptors (Lipinski definition) is 5. The summed E-state index contributed by atoms with van der Waals surface area (Å²) in [4.78, 5) is 23.0. The van der Waals surface area contributed by atoms with Crippen molar-refractivity contribution in [3.8, 4) is 5.75 Å². The number of rotatable bonds is 8. The molecular formula is C20H25N3O4. The average Bonchev–Trinajstić information content (AvgIpc) is 2.63. The predicted octanol–water partition coefficient (Wildman–Crippen LogP) is 3.84. The van der Waals surface area contributed by atoms with Gasteiger partial charge in [-0.1, -0.05) is 44.2 Å². The minimum absolute atomic E-state index is 0.0458. The number of amides is 1. The van der Waals surface area contributed by atoms with Gasteiger partial charge in [-0.2, -0.15) is 0 Å². The van der Waals surface area contributed by atoms with Crippen LogP contribution in [-0.4, -0.2) is 24.5 Å². The number of nitrogens with zero attached hydrogens (tertiary/aromatic N) is 1. The third-order valence-corrected chi connectivity index (χ3v) is 4.30. The van der Waals surface area contributed by atoms with Crippen LogP contribution in [0.3, 0.4) is 0 Å². The lowest BCUT2D eigenvalue weighted by Crippen LogP contribution is -2.33. The van der Waals surface area contributed by atoms with Crippen molar-refractivity contribution in [3.63, 3.8) is 0 Å². The summed E-state index contributed by atoms with van der Waals surface area (Å²) in [6.07, 6.45) is 0. The molecule has 0 aromatic heterocycles. The van der Waals surface area contributed by atoms with Gasteiger partial charge in [-0.05, 0) is 24.0 Å². The third kappa shape index (κ3) is 5.27. The second kappa shape index (κ2) is 9.14. The van der Waals surface area contributed by atoms with E-state index in [4.69, 9.17) is 4.74 Å². The highest BCUT2D eigenvalue weighted by molar-refractivity contribution is 5.93. The lowest BCUT2D eigenvalue weighted by Gasteiger charge is -2.23. The Balaban J connectivity index is 2.08. The summed E-state index contributed by atoms with van der Waals surface area (Å²) >= 11 is 0. The molecule has 2 rings (SSSR count). The summed E-state index contributed by atoms with van der Waals surface area (Å²) in [6.45, 7) is 6.01. The first-order chi connectivity index (χ1) is 12.8. The molecule has 0 spiro atoms. The zero-order valence-corrected chi connectivity index (χ0v) is 16.0. The van der Waals surface area contributed by atoms with Crippen molar-refractivity contribution in [1.82, 2.24) is 5.32 Å². The lowest BCUT2D eigenvalue weighted by atomic mass is 9.96. The van der Waals surface area contributed by atoms with E-state index in [1.165, 1.54) is 19.2 Å². The number of benzene rings is 2. The van der Waals surface area contributed by atoms with E-state index >= 15 is 0 Å². The molecule has 7 nitrogen and oxygen atoms in total. The van der Waals surface area contributed by atoms with Crippen LogP contribution < -0.4 is 15.4 Å². The number of anilines is 1. The van der Waals surface area contributed by atoms with E-state index in [2.05, 4.69) is 24.5 Å². The van der Waals surface area contributed by atoms with Crippen LogP contribution in [0.4, 0.5) is 11.4 Å². The standard InChI is InChI=1S/C20H25N3O4/c1-13(2)20(15-8-6-5-7-9-15)21-12-19(24)22-16-11-18(27-4)17(23(25)26)10-14(16)3/h5-11,13,20-21H,12H2,1-4H3,(H,22,24)/t20-/m1/s1. The third-order valence-electron chi connectivity index (χ3n) is 4.30. The van der Waals surface area contributed by atoms with Crippen LogP contribution in [0, 0.1) is 23.0 Å². The molecule has 0 aliphatic carbocycles. The summed E-state index contributed by atoms with van der Waals surface area (Å²) in [7, 11) is 1.36. The van der Waals surface area contributed by atoms with Gasteiger partial charge in [-0.25, -0.2) is 0 Å². The average molecular weight is 371 g/mol. The van der Waals surface area contributed by atoms with Crippen molar-refractivity contribution in [2.75, 3.05) is 19.0 Å². The number of nitrogens with one attached hydrogen (secondary N) is 2. The molecule has 1 amide bonds. The molecule has 0 bridgehead atoms. The van der Waals surface area contributed by atoms with Gasteiger partial charge in [0.15, 0.2) is 5.75 Å². The number of carbonyl (C=O) groups is 1. The van der Waals surface area contributed by atoms with E-state index in [9.17, 15) is 14.9 Å². The molecule has 0 heterocycles. The summed E-state index contributed by atoms with van der Waals surface area (Å²) in [5, 5.41) is 17.1. The molecule has 0 radical (unpaired) electrons. The molecule has 0 unspecified atom stereocenters. The molecule has 2 N–H and O–H groups in total. The maximum Gasteiger partial charge on any atom is 0.311 e. The Morgan fingerprint density at radius 3 is 2.44 bits per heavy atom. The first kappa shape index (κ1) is 20.4. The van der Waals surface area contributed by atoms with Gasteiger partial charge in [-0.15, -0.1) is 0 Å². The van der Waals surface area contributed by atoms with Crippen LogP contribution in [0.5, 0.6) is 5.75 Å². The van der Waals surface area contributed by atoms with Gasteiger partial charge in [0.2, 0.25) is 5.91 Å². The number of nitro groups is 1. The second-order valence-corrected chi connectivity index (χ2v) is 6.66. The van der Waals surface area contributed by atoms with Gasteiger partial charge < -0.3 is 15.4 Å². The fraction of sp³-hybridized carbons (Fsp3) is 0.350. The number of methoxy groups -OCH3 is 1. The van der Waals surface area contributed by atoms with Crippen LogP contribution in [0.15, 0.2) is 42.5 Å². The fourth-order valence-corrected chi connectivity index (χ4v) is 2.91. The number of ether oxygens (including phenoxy) is 1. The first-order valence-corrected chi connectivity index (χ1v) is 8.74. The van der Waals surface area contributed by atoms with E-state index in [1.54, 1.807) is 6.92 Å². The molecule has 0 saturated heterocycles. The van der Waals surface area contributed by atoms with Gasteiger partial charge in [0.1, 0.15) is 0 Å². The minimum atomic E-state index is -0.508. The molecule has 1 atom stereocenters. The molecule has 2 aromatic rings. The quantitative estimate of drug-likeness (QED) is 0.543. The smallest absolute Gasteiger partial charge is 0.311 e. The number of aryl methyl sites for hydroxylation is 1. The Labute approximate surface area is 158 Å². The molecule has 0 fully saturated rings. The summed E-state index contributed by atoms with van der Waals surface area (Å²) in [6, 6.07) is 12.9. The van der Waals surface area contributed by atoms with Crippen LogP contribution >= 0.6 is 0 Å². The SMILES string of the molecule is COc1cc(NC(=O)CN[C@@H](c2ccccc2)C(C)C)c(C)cc1[N+](=O)[O-]. The Hall–Kier alpha value is -2.93. The number of carbonyl (C=O) groups excluding carboxylic acids is 1. The van der Waals surface area contributed by atoms with E-state index in [1.807, 2.05) is 30.3 Å². The second-order valence-electron chi connectivity index (χ2n) is 6.66. The Morgan fingerprint density at radius 2 is 1.89 bits per heavy atom. The zero-order valence-electron chi connectivity index (χ0n) is 16.0. The van der Waals surface area contributed by atoms with Crippen molar-refractivity contribution >= 4 is 17.3 Å². The first-order valence-electron chi connectivity index (χ1n) is 8.74. The summed E-state index contributed by atoms with van der Waals surface area (Å²) < 4.78 is 5.06. The molecule has 0 aliphatic heterocycles. The topological polar surface area (TPSA) is 93.5 Å². The molecule has 0 saturated carbocycles. The van der Waals surface area contributed by atoms with Crippen LogP contribution in [-0.2, 0) is 4.79 Å². The van der Waals surface area contributed by atoms with E-state index in [0.717, 1.165) is 5.56 Å². The highest BCUT2D eigenvalue weighted by Crippen LogP contribution is 2.32. The Kier molecular flexibility index (Phi) is 6.90. The van der Waals surface area contributed by atoms with E-state index in [0.29, 0.717) is 17.2 Å². The molecule has 0 aliphatic rings. The highest BCUT2D eigenvalue weighted by Gasteiger charge is 2.19. The van der Waals surface area contributed by atoms with Crippen molar-refractivity contribution in [2.24, 2.45) is 5.92 Å². The normalized spacial score (nSPS) is 11.9. The zero-order chi connectivity index (χ0) is 20.0. The van der Waals surface area contributed by atoms with Crippen molar-refractivity contribution < 1.29 is 14.5 Å².